The van der Waals surface area contributed by atoms with Crippen molar-refractivity contribution in [3.05, 3.63) is 0 Å². The highest BCUT2D eigenvalue weighted by Crippen LogP contribution is 2.25. The predicted octanol–water partition coefficient (Wildman–Crippen LogP) is 3.10. The van der Waals surface area contributed by atoms with Crippen molar-refractivity contribution in [1.82, 2.24) is 10.2 Å². The molecular weight excluding hydrogens is 268 g/mol. The number of amides is 2. The molecule has 0 aliphatic carbocycles. The molecular formula is C16H30N2O3. The summed E-state index contributed by atoms with van der Waals surface area (Å²) < 4.78 is 0. The molecule has 122 valence electrons. The van der Waals surface area contributed by atoms with Gasteiger partial charge in [-0.1, -0.05) is 27.7 Å². The second-order valence-electron chi connectivity index (χ2n) is 7.23. The van der Waals surface area contributed by atoms with Crippen molar-refractivity contribution >= 4 is 12.0 Å². The van der Waals surface area contributed by atoms with Gasteiger partial charge in [0.1, 0.15) is 0 Å². The maximum atomic E-state index is 12.4. The van der Waals surface area contributed by atoms with E-state index in [-0.39, 0.29) is 23.9 Å². The second kappa shape index (κ2) is 7.66. The fraction of sp³-hybridized carbons (Fsp3) is 0.875. The van der Waals surface area contributed by atoms with Gasteiger partial charge in [-0.05, 0) is 37.0 Å². The monoisotopic (exact) mass is 298 g/mol. The molecule has 1 fully saturated rings. The lowest BCUT2D eigenvalue weighted by Gasteiger charge is -2.36. The number of carboxylic acids is 1. The van der Waals surface area contributed by atoms with Gasteiger partial charge in [-0.15, -0.1) is 0 Å². The fourth-order valence-corrected chi connectivity index (χ4v) is 2.51. The molecule has 0 bridgehead atoms. The lowest BCUT2D eigenvalue weighted by atomic mass is 9.82. The topological polar surface area (TPSA) is 69.6 Å². The number of likely N-dealkylation sites (tertiary alicyclic amines) is 1. The minimum Gasteiger partial charge on any atom is -0.481 e. The molecule has 1 saturated heterocycles. The Labute approximate surface area is 128 Å². The summed E-state index contributed by atoms with van der Waals surface area (Å²) in [6, 6.07) is 0.0287. The van der Waals surface area contributed by atoms with E-state index in [1.165, 1.54) is 0 Å². The van der Waals surface area contributed by atoms with Crippen molar-refractivity contribution in [1.29, 1.82) is 0 Å². The van der Waals surface area contributed by atoms with E-state index in [1.807, 2.05) is 4.90 Å². The summed E-state index contributed by atoms with van der Waals surface area (Å²) in [5.41, 5.74) is 0.165. The van der Waals surface area contributed by atoms with Crippen LogP contribution >= 0.6 is 0 Å². The van der Waals surface area contributed by atoms with Crippen molar-refractivity contribution in [3.63, 3.8) is 0 Å². The zero-order chi connectivity index (χ0) is 16.0. The first-order valence-electron chi connectivity index (χ1n) is 7.98. The Bertz CT molecular complexity index is 363. The van der Waals surface area contributed by atoms with Gasteiger partial charge >= 0.3 is 12.0 Å². The number of carbonyl (C=O) groups is 2. The van der Waals surface area contributed by atoms with E-state index in [1.54, 1.807) is 0 Å². The van der Waals surface area contributed by atoms with E-state index >= 15 is 0 Å². The van der Waals surface area contributed by atoms with Gasteiger partial charge in [-0.2, -0.15) is 0 Å². The standard InChI is InChI=1S/C16H30N2O3/c1-12(16(2,3)4)11-17-15(21)18-10-6-5-7-13(18)8-9-14(19)20/h12-13H,5-11H2,1-4H3,(H,17,21)(H,19,20). The van der Waals surface area contributed by atoms with E-state index in [2.05, 4.69) is 33.0 Å². The number of nitrogens with one attached hydrogen (secondary N) is 1. The SMILES string of the molecule is CC(CNC(=O)N1CCCCC1CCC(=O)O)C(C)(C)C. The van der Waals surface area contributed by atoms with Gasteiger partial charge < -0.3 is 15.3 Å². The summed E-state index contributed by atoms with van der Waals surface area (Å²) in [4.78, 5) is 24.9. The molecule has 0 aromatic carbocycles. The number of piperidine rings is 1. The molecule has 0 spiro atoms. The lowest BCUT2D eigenvalue weighted by Crippen LogP contribution is -2.50. The summed E-state index contributed by atoms with van der Waals surface area (Å²) in [6.45, 7) is 10.0. The molecule has 0 aromatic rings. The normalized spacial score (nSPS) is 21.0. The van der Waals surface area contributed by atoms with Crippen molar-refractivity contribution in [3.8, 4) is 0 Å². The quantitative estimate of drug-likeness (QED) is 0.819. The van der Waals surface area contributed by atoms with Crippen LogP contribution in [-0.4, -0.2) is 41.1 Å². The maximum absolute atomic E-state index is 12.4. The Morgan fingerprint density at radius 1 is 1.33 bits per heavy atom. The molecule has 5 heteroatoms. The van der Waals surface area contributed by atoms with Crippen LogP contribution in [0.4, 0.5) is 4.79 Å². The first-order chi connectivity index (χ1) is 9.71. The third-order valence-corrected chi connectivity index (χ3v) is 4.62. The van der Waals surface area contributed by atoms with E-state index in [9.17, 15) is 9.59 Å². The Morgan fingerprint density at radius 2 is 2.00 bits per heavy atom. The smallest absolute Gasteiger partial charge is 0.317 e. The number of nitrogens with zero attached hydrogens (tertiary/aromatic N) is 1. The minimum atomic E-state index is -0.790. The van der Waals surface area contributed by atoms with Crippen LogP contribution in [-0.2, 0) is 4.79 Å². The minimum absolute atomic E-state index is 0.0406. The van der Waals surface area contributed by atoms with Gasteiger partial charge in [0.15, 0.2) is 0 Å². The third-order valence-electron chi connectivity index (χ3n) is 4.62. The number of hydrogen-bond acceptors (Lipinski definition) is 2. The van der Waals surface area contributed by atoms with E-state index in [0.717, 1.165) is 25.8 Å². The summed E-state index contributed by atoms with van der Waals surface area (Å²) >= 11 is 0. The van der Waals surface area contributed by atoms with Gasteiger partial charge in [-0.25, -0.2) is 4.79 Å². The van der Waals surface area contributed by atoms with Gasteiger partial charge in [0.25, 0.3) is 0 Å². The van der Waals surface area contributed by atoms with Crippen LogP contribution in [0.2, 0.25) is 0 Å². The number of rotatable bonds is 5. The summed E-state index contributed by atoms with van der Waals surface area (Å²) in [6.07, 6.45) is 3.68. The molecule has 1 aliphatic rings. The number of carbonyl (C=O) groups excluding carboxylic acids is 1. The molecule has 2 unspecified atom stereocenters. The average molecular weight is 298 g/mol. The number of carboxylic acid groups (broad SMARTS) is 1. The summed E-state index contributed by atoms with van der Waals surface area (Å²) in [5, 5.41) is 11.8. The average Bonchev–Trinajstić information content (AvgIpc) is 2.41. The first-order valence-corrected chi connectivity index (χ1v) is 7.98. The van der Waals surface area contributed by atoms with Crippen molar-refractivity contribution in [2.24, 2.45) is 11.3 Å². The molecule has 1 aliphatic heterocycles. The van der Waals surface area contributed by atoms with Crippen LogP contribution in [0, 0.1) is 11.3 Å². The highest BCUT2D eigenvalue weighted by molar-refractivity contribution is 5.74. The van der Waals surface area contributed by atoms with Crippen LogP contribution in [0.5, 0.6) is 0 Å². The highest BCUT2D eigenvalue weighted by atomic mass is 16.4. The summed E-state index contributed by atoms with van der Waals surface area (Å²) in [7, 11) is 0. The van der Waals surface area contributed by atoms with Gasteiger partial charge in [0.2, 0.25) is 0 Å². The fourth-order valence-electron chi connectivity index (χ4n) is 2.51. The molecule has 1 heterocycles. The lowest BCUT2D eigenvalue weighted by molar-refractivity contribution is -0.137. The van der Waals surface area contributed by atoms with Crippen LogP contribution < -0.4 is 5.32 Å². The number of aliphatic carboxylic acids is 1. The Hall–Kier alpha value is -1.26. The van der Waals surface area contributed by atoms with Gasteiger partial charge in [0.05, 0.1) is 0 Å². The zero-order valence-electron chi connectivity index (χ0n) is 13.8. The molecule has 2 atom stereocenters. The van der Waals surface area contributed by atoms with Crippen molar-refractivity contribution < 1.29 is 14.7 Å². The number of hydrogen-bond donors (Lipinski definition) is 2. The van der Waals surface area contributed by atoms with E-state index in [0.29, 0.717) is 18.9 Å². The second-order valence-corrected chi connectivity index (χ2v) is 7.23. The number of urea groups is 1. The zero-order valence-corrected chi connectivity index (χ0v) is 13.8. The van der Waals surface area contributed by atoms with Crippen LogP contribution in [0.15, 0.2) is 0 Å². The summed E-state index contributed by atoms with van der Waals surface area (Å²) in [5.74, 6) is -0.397. The molecule has 0 radical (unpaired) electrons. The van der Waals surface area contributed by atoms with Crippen LogP contribution in [0.3, 0.4) is 0 Å². The van der Waals surface area contributed by atoms with Crippen LogP contribution in [0.25, 0.3) is 0 Å². The molecule has 21 heavy (non-hydrogen) atoms. The Morgan fingerprint density at radius 3 is 2.57 bits per heavy atom. The Balaban J connectivity index is 2.51. The molecule has 0 aromatic heterocycles. The molecule has 2 amide bonds. The van der Waals surface area contributed by atoms with E-state index in [4.69, 9.17) is 5.11 Å². The van der Waals surface area contributed by atoms with Crippen molar-refractivity contribution in [2.75, 3.05) is 13.1 Å². The first kappa shape index (κ1) is 17.8. The van der Waals surface area contributed by atoms with Crippen molar-refractivity contribution in [2.45, 2.75) is 65.8 Å². The predicted molar refractivity (Wildman–Crippen MR) is 83.2 cm³/mol. The molecule has 0 saturated carbocycles. The van der Waals surface area contributed by atoms with E-state index < -0.39 is 5.97 Å². The Kier molecular flexibility index (Phi) is 6.49. The molecule has 5 nitrogen and oxygen atoms in total. The molecule has 2 N–H and O–H groups in total. The largest absolute Gasteiger partial charge is 0.481 e. The van der Waals surface area contributed by atoms with Crippen LogP contribution in [0.1, 0.15) is 59.8 Å². The molecule has 1 rings (SSSR count). The third kappa shape index (κ3) is 5.94. The van der Waals surface area contributed by atoms with Gasteiger partial charge in [0, 0.05) is 25.6 Å². The van der Waals surface area contributed by atoms with Gasteiger partial charge in [-0.3, -0.25) is 4.79 Å². The highest BCUT2D eigenvalue weighted by Gasteiger charge is 2.28. The maximum Gasteiger partial charge on any atom is 0.317 e.